The third kappa shape index (κ3) is 5.39. The maximum Gasteiger partial charge on any atom is 0.230 e. The smallest absolute Gasteiger partial charge is 0.230 e. The fourth-order valence-electron chi connectivity index (χ4n) is 2.18. The molecule has 0 aliphatic carbocycles. The van der Waals surface area contributed by atoms with Crippen LogP contribution in [0.15, 0.2) is 46.7 Å². The average molecular weight is 393 g/mol. The number of hydrogen-bond donors (Lipinski definition) is 1. The Morgan fingerprint density at radius 2 is 2.04 bits per heavy atom. The number of benzene rings is 1. The zero-order chi connectivity index (χ0) is 17.6. The molecule has 0 fully saturated rings. The van der Waals surface area contributed by atoms with Gasteiger partial charge in [-0.05, 0) is 49.7 Å². The standard InChI is InChI=1S/C18H17FN2OS3/c1-12-21-16(10-23-12)17-7-6-15(25-17)8-9-20-18(22)11-24-14-4-2-13(19)3-5-14/h2-7,10H,8-9,11H2,1H3,(H,20,22). The maximum atomic E-state index is 12.8. The third-order valence-electron chi connectivity index (χ3n) is 3.41. The fraction of sp³-hybridized carbons (Fsp3) is 0.222. The lowest BCUT2D eigenvalue weighted by Crippen LogP contribution is -2.27. The molecular formula is C18H17FN2OS3. The van der Waals surface area contributed by atoms with E-state index in [4.69, 9.17) is 0 Å². The molecule has 7 heteroatoms. The lowest BCUT2D eigenvalue weighted by atomic mass is 10.3. The van der Waals surface area contributed by atoms with Crippen LogP contribution in [0.5, 0.6) is 0 Å². The fourth-order valence-corrected chi connectivity index (χ4v) is 4.57. The molecule has 0 saturated heterocycles. The number of halogens is 1. The summed E-state index contributed by atoms with van der Waals surface area (Å²) in [5, 5.41) is 6.06. The van der Waals surface area contributed by atoms with Crippen LogP contribution in [0.3, 0.4) is 0 Å². The van der Waals surface area contributed by atoms with Crippen LogP contribution in [0.1, 0.15) is 9.88 Å². The highest BCUT2D eigenvalue weighted by molar-refractivity contribution is 8.00. The van der Waals surface area contributed by atoms with Crippen LogP contribution in [0.2, 0.25) is 0 Å². The highest BCUT2D eigenvalue weighted by atomic mass is 32.2. The number of thiazole rings is 1. The molecule has 25 heavy (non-hydrogen) atoms. The van der Waals surface area contributed by atoms with Gasteiger partial charge in [-0.3, -0.25) is 4.79 Å². The maximum absolute atomic E-state index is 12.8. The van der Waals surface area contributed by atoms with E-state index in [1.54, 1.807) is 34.8 Å². The molecule has 1 N–H and O–H groups in total. The van der Waals surface area contributed by atoms with Gasteiger partial charge in [0.15, 0.2) is 0 Å². The lowest BCUT2D eigenvalue weighted by molar-refractivity contribution is -0.118. The zero-order valence-corrected chi connectivity index (χ0v) is 16.1. The second-order valence-electron chi connectivity index (χ2n) is 5.36. The van der Waals surface area contributed by atoms with Gasteiger partial charge in [-0.1, -0.05) is 0 Å². The van der Waals surface area contributed by atoms with Gasteiger partial charge in [0.2, 0.25) is 5.91 Å². The highest BCUT2D eigenvalue weighted by Crippen LogP contribution is 2.29. The van der Waals surface area contributed by atoms with Crippen molar-refractivity contribution in [1.82, 2.24) is 10.3 Å². The van der Waals surface area contributed by atoms with Gasteiger partial charge in [-0.25, -0.2) is 9.37 Å². The van der Waals surface area contributed by atoms with Crippen molar-refractivity contribution < 1.29 is 9.18 Å². The Morgan fingerprint density at radius 3 is 2.76 bits per heavy atom. The van der Waals surface area contributed by atoms with Gasteiger partial charge >= 0.3 is 0 Å². The van der Waals surface area contributed by atoms with Crippen molar-refractivity contribution >= 4 is 40.3 Å². The van der Waals surface area contributed by atoms with Gasteiger partial charge < -0.3 is 5.32 Å². The predicted molar refractivity (Wildman–Crippen MR) is 104 cm³/mol. The molecule has 0 unspecified atom stereocenters. The Bertz CT molecular complexity index is 842. The van der Waals surface area contributed by atoms with Gasteiger partial charge in [-0.2, -0.15) is 0 Å². The summed E-state index contributed by atoms with van der Waals surface area (Å²) in [5.74, 6) is 0.0533. The topological polar surface area (TPSA) is 42.0 Å². The molecule has 0 aliphatic heterocycles. The van der Waals surface area contributed by atoms with E-state index in [9.17, 15) is 9.18 Å². The molecule has 130 valence electrons. The van der Waals surface area contributed by atoms with Crippen molar-refractivity contribution in [3.8, 4) is 10.6 Å². The monoisotopic (exact) mass is 392 g/mol. The van der Waals surface area contributed by atoms with Crippen LogP contribution in [0, 0.1) is 12.7 Å². The first-order valence-corrected chi connectivity index (χ1v) is 10.4. The molecule has 0 saturated carbocycles. The number of thioether (sulfide) groups is 1. The first kappa shape index (κ1) is 18.1. The Hall–Kier alpha value is -1.70. The molecule has 1 aromatic carbocycles. The average Bonchev–Trinajstić information content (AvgIpc) is 3.23. The Morgan fingerprint density at radius 1 is 1.24 bits per heavy atom. The number of nitrogens with one attached hydrogen (secondary N) is 1. The Balaban J connectivity index is 1.41. The van der Waals surface area contributed by atoms with Crippen LogP contribution in [0.25, 0.3) is 10.6 Å². The van der Waals surface area contributed by atoms with E-state index in [2.05, 4.69) is 27.8 Å². The van der Waals surface area contributed by atoms with Gasteiger partial charge in [0.05, 0.1) is 21.3 Å². The molecule has 1 amide bonds. The Labute approximate surface area is 158 Å². The molecule has 0 bridgehead atoms. The van der Waals surface area contributed by atoms with Crippen molar-refractivity contribution in [2.45, 2.75) is 18.2 Å². The minimum atomic E-state index is -0.267. The third-order valence-corrected chi connectivity index (χ3v) is 6.36. The second-order valence-corrected chi connectivity index (χ2v) is 8.64. The normalized spacial score (nSPS) is 10.8. The van der Waals surface area contributed by atoms with E-state index in [1.165, 1.54) is 28.8 Å². The van der Waals surface area contributed by atoms with Gasteiger partial charge in [0.1, 0.15) is 5.82 Å². The number of aromatic nitrogens is 1. The number of nitrogens with zero attached hydrogens (tertiary/aromatic N) is 1. The molecule has 0 aliphatic rings. The van der Waals surface area contributed by atoms with Crippen molar-refractivity contribution in [2.24, 2.45) is 0 Å². The van der Waals surface area contributed by atoms with Crippen molar-refractivity contribution in [3.05, 3.63) is 57.5 Å². The molecule has 2 aromatic heterocycles. The van der Waals surface area contributed by atoms with Crippen LogP contribution >= 0.6 is 34.4 Å². The summed E-state index contributed by atoms with van der Waals surface area (Å²) in [6, 6.07) is 10.3. The number of aryl methyl sites for hydroxylation is 1. The minimum absolute atomic E-state index is 0.0127. The summed E-state index contributed by atoms with van der Waals surface area (Å²) in [6.07, 6.45) is 0.806. The SMILES string of the molecule is Cc1nc(-c2ccc(CCNC(=O)CSc3ccc(F)cc3)s2)cs1. The van der Waals surface area contributed by atoms with E-state index in [0.717, 1.165) is 26.9 Å². The van der Waals surface area contributed by atoms with E-state index >= 15 is 0 Å². The molecule has 2 heterocycles. The molecule has 3 rings (SSSR count). The van der Waals surface area contributed by atoms with Gasteiger partial charge in [0, 0.05) is 21.7 Å². The predicted octanol–water partition coefficient (Wildman–Crippen LogP) is 4.77. The number of rotatable bonds is 7. The van der Waals surface area contributed by atoms with Gasteiger partial charge in [0.25, 0.3) is 0 Å². The number of hydrogen-bond acceptors (Lipinski definition) is 5. The first-order valence-electron chi connectivity index (χ1n) is 7.76. The van der Waals surface area contributed by atoms with Crippen LogP contribution in [0.4, 0.5) is 4.39 Å². The van der Waals surface area contributed by atoms with E-state index < -0.39 is 0 Å². The summed E-state index contributed by atoms with van der Waals surface area (Å²) in [4.78, 5) is 19.7. The van der Waals surface area contributed by atoms with Crippen LogP contribution < -0.4 is 5.32 Å². The lowest BCUT2D eigenvalue weighted by Gasteiger charge is -2.04. The molecule has 0 atom stereocenters. The highest BCUT2D eigenvalue weighted by Gasteiger charge is 2.07. The quantitative estimate of drug-likeness (QED) is 0.589. The summed E-state index contributed by atoms with van der Waals surface area (Å²) >= 11 is 4.77. The van der Waals surface area contributed by atoms with Crippen molar-refractivity contribution in [3.63, 3.8) is 0 Å². The number of amides is 1. The second kappa shape index (κ2) is 8.60. The first-order chi connectivity index (χ1) is 12.1. The zero-order valence-electron chi connectivity index (χ0n) is 13.6. The number of carbonyl (C=O) groups excluding carboxylic acids is 1. The summed E-state index contributed by atoms with van der Waals surface area (Å²) in [5.41, 5.74) is 1.03. The van der Waals surface area contributed by atoms with Crippen molar-refractivity contribution in [2.75, 3.05) is 12.3 Å². The molecule has 3 nitrogen and oxygen atoms in total. The van der Waals surface area contributed by atoms with Gasteiger partial charge in [-0.15, -0.1) is 34.4 Å². The molecule has 0 spiro atoms. The van der Waals surface area contributed by atoms with E-state index in [1.807, 2.05) is 6.92 Å². The molecule has 3 aromatic rings. The largest absolute Gasteiger partial charge is 0.355 e. The summed E-state index contributed by atoms with van der Waals surface area (Å²) in [6.45, 7) is 2.61. The van der Waals surface area contributed by atoms with E-state index in [-0.39, 0.29) is 11.7 Å². The summed E-state index contributed by atoms with van der Waals surface area (Å²) < 4.78 is 12.8. The summed E-state index contributed by atoms with van der Waals surface area (Å²) in [7, 11) is 0. The Kier molecular flexibility index (Phi) is 6.23. The van der Waals surface area contributed by atoms with E-state index in [0.29, 0.717) is 12.3 Å². The van der Waals surface area contributed by atoms with Crippen molar-refractivity contribution in [1.29, 1.82) is 0 Å². The number of carbonyl (C=O) groups is 1. The molecular weight excluding hydrogens is 375 g/mol. The minimum Gasteiger partial charge on any atom is -0.355 e. The number of thiophene rings is 1. The van der Waals surface area contributed by atoms with Crippen LogP contribution in [-0.2, 0) is 11.2 Å². The van der Waals surface area contributed by atoms with Crippen LogP contribution in [-0.4, -0.2) is 23.2 Å². The molecule has 0 radical (unpaired) electrons.